The van der Waals surface area contributed by atoms with E-state index in [2.05, 4.69) is 12.2 Å². The van der Waals surface area contributed by atoms with Crippen LogP contribution in [-0.2, 0) is 4.74 Å². The van der Waals surface area contributed by atoms with Gasteiger partial charge in [-0.05, 0) is 45.4 Å². The molecule has 0 unspecified atom stereocenters. The molecular formula is C14H26N2O3. The lowest BCUT2D eigenvalue weighted by molar-refractivity contribution is 0.103. The molecule has 0 aliphatic carbocycles. The predicted octanol–water partition coefficient (Wildman–Crippen LogP) is 1.50. The van der Waals surface area contributed by atoms with Crippen molar-refractivity contribution in [2.75, 3.05) is 26.3 Å². The summed E-state index contributed by atoms with van der Waals surface area (Å²) in [4.78, 5) is 14.2. The number of carbonyl (C=O) groups excluding carboxylic acids is 1. The Bertz CT molecular complexity index is 305. The molecule has 2 fully saturated rings. The largest absolute Gasteiger partial charge is 0.396 e. The molecule has 110 valence electrons. The summed E-state index contributed by atoms with van der Waals surface area (Å²) in [6, 6.07) is 0.0217. The summed E-state index contributed by atoms with van der Waals surface area (Å²) in [5.41, 5.74) is -0.0939. The number of likely N-dealkylation sites (tertiary alicyclic amines) is 1. The second-order valence-electron chi connectivity index (χ2n) is 5.90. The molecule has 2 aliphatic heterocycles. The second kappa shape index (κ2) is 6.57. The minimum atomic E-state index is -0.0939. The van der Waals surface area contributed by atoms with Crippen LogP contribution >= 0.6 is 0 Å². The van der Waals surface area contributed by atoms with Gasteiger partial charge >= 0.3 is 6.03 Å². The average molecular weight is 270 g/mol. The van der Waals surface area contributed by atoms with Crippen LogP contribution in [0.25, 0.3) is 0 Å². The Kier molecular flexibility index (Phi) is 5.05. The second-order valence-corrected chi connectivity index (χ2v) is 5.90. The van der Waals surface area contributed by atoms with Crippen molar-refractivity contribution in [1.82, 2.24) is 10.2 Å². The third-order valence-electron chi connectivity index (χ3n) is 4.37. The number of nitrogens with one attached hydrogen (secondary N) is 1. The van der Waals surface area contributed by atoms with E-state index in [1.807, 2.05) is 4.90 Å². The molecule has 0 bridgehead atoms. The third-order valence-corrected chi connectivity index (χ3v) is 4.37. The highest BCUT2D eigenvalue weighted by Crippen LogP contribution is 2.33. The molecule has 0 saturated carbocycles. The first kappa shape index (κ1) is 14.6. The van der Waals surface area contributed by atoms with Crippen LogP contribution in [0.5, 0.6) is 0 Å². The van der Waals surface area contributed by atoms with Crippen molar-refractivity contribution in [1.29, 1.82) is 0 Å². The van der Waals surface area contributed by atoms with E-state index >= 15 is 0 Å². The molecule has 0 radical (unpaired) electrons. The molecule has 2 saturated heterocycles. The summed E-state index contributed by atoms with van der Waals surface area (Å²) in [7, 11) is 0. The molecule has 0 aromatic rings. The number of carbonyl (C=O) groups is 1. The van der Waals surface area contributed by atoms with Gasteiger partial charge < -0.3 is 20.1 Å². The van der Waals surface area contributed by atoms with Crippen molar-refractivity contribution >= 4 is 6.03 Å². The lowest BCUT2D eigenvalue weighted by Crippen LogP contribution is -2.51. The average Bonchev–Trinajstić information content (AvgIpc) is 3.03. The fraction of sp³-hybridized carbons (Fsp3) is 0.929. The smallest absolute Gasteiger partial charge is 0.317 e. The number of aliphatic hydroxyl groups is 1. The van der Waals surface area contributed by atoms with Crippen LogP contribution in [0.2, 0.25) is 0 Å². The van der Waals surface area contributed by atoms with Gasteiger partial charge in [0.1, 0.15) is 0 Å². The van der Waals surface area contributed by atoms with Gasteiger partial charge in [0.25, 0.3) is 0 Å². The molecule has 2 N–H and O–H groups in total. The van der Waals surface area contributed by atoms with Crippen molar-refractivity contribution in [3.8, 4) is 0 Å². The van der Waals surface area contributed by atoms with Crippen LogP contribution in [0, 0.1) is 0 Å². The van der Waals surface area contributed by atoms with Gasteiger partial charge in [0.2, 0.25) is 0 Å². The normalized spacial score (nSPS) is 30.8. The quantitative estimate of drug-likeness (QED) is 0.796. The van der Waals surface area contributed by atoms with Crippen molar-refractivity contribution in [3.63, 3.8) is 0 Å². The summed E-state index contributed by atoms with van der Waals surface area (Å²) in [6.07, 6.45) is 6.04. The van der Waals surface area contributed by atoms with E-state index in [-0.39, 0.29) is 24.3 Å². The Labute approximate surface area is 115 Å². The highest BCUT2D eigenvalue weighted by molar-refractivity contribution is 5.75. The Morgan fingerprint density at radius 3 is 3.05 bits per heavy atom. The molecular weight excluding hydrogens is 244 g/mol. The third kappa shape index (κ3) is 3.60. The summed E-state index contributed by atoms with van der Waals surface area (Å²) in [5.74, 6) is 0. The van der Waals surface area contributed by atoms with E-state index in [0.717, 1.165) is 51.7 Å². The van der Waals surface area contributed by atoms with Crippen molar-refractivity contribution in [3.05, 3.63) is 0 Å². The first-order chi connectivity index (χ1) is 9.15. The number of hydrogen-bond donors (Lipinski definition) is 2. The van der Waals surface area contributed by atoms with E-state index < -0.39 is 0 Å². The summed E-state index contributed by atoms with van der Waals surface area (Å²) >= 11 is 0. The van der Waals surface area contributed by atoms with Crippen molar-refractivity contribution < 1.29 is 14.6 Å². The molecule has 2 rings (SSSR count). The van der Waals surface area contributed by atoms with E-state index in [0.29, 0.717) is 6.54 Å². The van der Waals surface area contributed by atoms with Crippen LogP contribution in [0.4, 0.5) is 4.79 Å². The Balaban J connectivity index is 1.82. The molecule has 5 heteroatoms. The molecule has 0 spiro atoms. The molecule has 0 aromatic heterocycles. The highest BCUT2D eigenvalue weighted by atomic mass is 16.5. The summed E-state index contributed by atoms with van der Waals surface area (Å²) in [6.45, 7) is 4.57. The SMILES string of the molecule is C[C@]1(CCCO)CCCN1C(=O)NC[C@@H]1CCCO1. The van der Waals surface area contributed by atoms with Crippen LogP contribution in [0.1, 0.15) is 45.4 Å². The zero-order valence-corrected chi connectivity index (χ0v) is 11.9. The van der Waals surface area contributed by atoms with E-state index in [1.165, 1.54) is 0 Å². The minimum absolute atomic E-state index is 0.0217. The maximum absolute atomic E-state index is 12.3. The fourth-order valence-corrected chi connectivity index (χ4v) is 3.19. The molecule has 2 heterocycles. The topological polar surface area (TPSA) is 61.8 Å². The van der Waals surface area contributed by atoms with Gasteiger partial charge in [-0.15, -0.1) is 0 Å². The first-order valence-corrected chi connectivity index (χ1v) is 7.44. The van der Waals surface area contributed by atoms with Gasteiger partial charge in [-0.3, -0.25) is 0 Å². The first-order valence-electron chi connectivity index (χ1n) is 7.44. The van der Waals surface area contributed by atoms with Gasteiger partial charge in [-0.25, -0.2) is 4.79 Å². The number of ether oxygens (including phenoxy) is 1. The van der Waals surface area contributed by atoms with E-state index in [9.17, 15) is 4.79 Å². The number of amides is 2. The standard InChI is InChI=1S/C14H26N2O3/c1-14(7-4-9-17)6-3-8-16(14)13(18)15-11-12-5-2-10-19-12/h12,17H,2-11H2,1H3,(H,15,18)/t12-,14+/m0/s1. The number of nitrogens with zero attached hydrogens (tertiary/aromatic N) is 1. The molecule has 19 heavy (non-hydrogen) atoms. The van der Waals surface area contributed by atoms with Gasteiger partial charge in [0.15, 0.2) is 0 Å². The Morgan fingerprint density at radius 1 is 1.53 bits per heavy atom. The highest BCUT2D eigenvalue weighted by Gasteiger charge is 2.39. The molecule has 2 aliphatic rings. The van der Waals surface area contributed by atoms with Crippen molar-refractivity contribution in [2.45, 2.75) is 57.1 Å². The minimum Gasteiger partial charge on any atom is -0.396 e. The van der Waals surface area contributed by atoms with Crippen LogP contribution < -0.4 is 5.32 Å². The van der Waals surface area contributed by atoms with Gasteiger partial charge in [-0.1, -0.05) is 0 Å². The predicted molar refractivity (Wildman–Crippen MR) is 73.0 cm³/mol. The summed E-state index contributed by atoms with van der Waals surface area (Å²) in [5, 5.41) is 12.0. The van der Waals surface area contributed by atoms with Gasteiger partial charge in [-0.2, -0.15) is 0 Å². The molecule has 2 atom stereocenters. The van der Waals surface area contributed by atoms with Gasteiger partial charge in [0, 0.05) is 31.8 Å². The fourth-order valence-electron chi connectivity index (χ4n) is 3.19. The number of rotatable bonds is 5. The Hall–Kier alpha value is -0.810. The monoisotopic (exact) mass is 270 g/mol. The lowest BCUT2D eigenvalue weighted by Gasteiger charge is -2.35. The van der Waals surface area contributed by atoms with E-state index in [1.54, 1.807) is 0 Å². The zero-order chi connectivity index (χ0) is 13.7. The van der Waals surface area contributed by atoms with E-state index in [4.69, 9.17) is 9.84 Å². The van der Waals surface area contributed by atoms with Crippen LogP contribution in [0.3, 0.4) is 0 Å². The molecule has 5 nitrogen and oxygen atoms in total. The number of urea groups is 1. The van der Waals surface area contributed by atoms with Crippen LogP contribution in [0.15, 0.2) is 0 Å². The summed E-state index contributed by atoms with van der Waals surface area (Å²) < 4.78 is 5.52. The van der Waals surface area contributed by atoms with Crippen molar-refractivity contribution in [2.24, 2.45) is 0 Å². The lowest BCUT2D eigenvalue weighted by atomic mass is 9.93. The number of hydrogen-bond acceptors (Lipinski definition) is 3. The maximum atomic E-state index is 12.3. The molecule has 0 aromatic carbocycles. The molecule has 2 amide bonds. The zero-order valence-electron chi connectivity index (χ0n) is 11.9. The van der Waals surface area contributed by atoms with Gasteiger partial charge in [0.05, 0.1) is 6.10 Å². The Morgan fingerprint density at radius 2 is 2.37 bits per heavy atom. The number of aliphatic hydroxyl groups excluding tert-OH is 1. The van der Waals surface area contributed by atoms with Crippen LogP contribution in [-0.4, -0.2) is 54.0 Å². The maximum Gasteiger partial charge on any atom is 0.317 e.